The molecular formula is C20H19N7O2. The van der Waals surface area contributed by atoms with Crippen molar-refractivity contribution in [2.45, 2.75) is 32.7 Å². The van der Waals surface area contributed by atoms with Crippen LogP contribution in [0.5, 0.6) is 0 Å². The first-order valence-corrected chi connectivity index (χ1v) is 9.48. The Morgan fingerprint density at radius 1 is 1.17 bits per heavy atom. The topological polar surface area (TPSA) is 103 Å². The number of para-hydroxylation sites is 1. The second-order valence-electron chi connectivity index (χ2n) is 6.87. The smallest absolute Gasteiger partial charge is 0.258 e. The summed E-state index contributed by atoms with van der Waals surface area (Å²) >= 11 is 0. The first kappa shape index (κ1) is 17.4. The molecule has 9 nitrogen and oxygen atoms in total. The predicted molar refractivity (Wildman–Crippen MR) is 105 cm³/mol. The van der Waals surface area contributed by atoms with Gasteiger partial charge in [0.2, 0.25) is 5.91 Å². The molecule has 0 fully saturated rings. The molecule has 0 atom stereocenters. The van der Waals surface area contributed by atoms with Crippen molar-refractivity contribution in [2.75, 3.05) is 0 Å². The number of hydrogen-bond acceptors (Lipinski definition) is 6. The average molecular weight is 389 g/mol. The van der Waals surface area contributed by atoms with E-state index in [1.807, 2.05) is 41.7 Å². The summed E-state index contributed by atoms with van der Waals surface area (Å²) in [5.41, 5.74) is 1.74. The highest BCUT2D eigenvalue weighted by atomic mass is 16.3. The molecule has 146 valence electrons. The molecule has 9 heteroatoms. The normalized spacial score (nSPS) is 11.6. The van der Waals surface area contributed by atoms with E-state index in [9.17, 15) is 4.79 Å². The van der Waals surface area contributed by atoms with E-state index in [0.29, 0.717) is 37.4 Å². The van der Waals surface area contributed by atoms with Crippen molar-refractivity contribution in [1.82, 2.24) is 34.5 Å². The summed E-state index contributed by atoms with van der Waals surface area (Å²) in [4.78, 5) is 16.6. The van der Waals surface area contributed by atoms with Gasteiger partial charge in [0.25, 0.3) is 5.78 Å². The molecule has 0 bridgehead atoms. The summed E-state index contributed by atoms with van der Waals surface area (Å²) in [6.07, 6.45) is 3.28. The third-order valence-corrected chi connectivity index (χ3v) is 4.85. The molecule has 0 saturated carbocycles. The van der Waals surface area contributed by atoms with Gasteiger partial charge < -0.3 is 9.73 Å². The van der Waals surface area contributed by atoms with Gasteiger partial charge in [0.15, 0.2) is 5.65 Å². The zero-order valence-electron chi connectivity index (χ0n) is 15.9. The molecule has 0 spiro atoms. The lowest BCUT2D eigenvalue weighted by Gasteiger charge is -2.07. The van der Waals surface area contributed by atoms with Crippen LogP contribution in [0, 0.1) is 6.92 Å². The highest BCUT2D eigenvalue weighted by molar-refractivity contribution is 5.93. The van der Waals surface area contributed by atoms with Crippen molar-refractivity contribution in [3.8, 4) is 0 Å². The average Bonchev–Trinajstić information content (AvgIpc) is 3.46. The largest absolute Gasteiger partial charge is 0.467 e. The second-order valence-corrected chi connectivity index (χ2v) is 6.87. The number of hydrogen-bond donors (Lipinski definition) is 1. The Morgan fingerprint density at radius 2 is 2.07 bits per heavy atom. The Hall–Kier alpha value is -3.75. The second kappa shape index (κ2) is 7.01. The van der Waals surface area contributed by atoms with Crippen LogP contribution in [0.25, 0.3) is 22.3 Å². The van der Waals surface area contributed by atoms with Gasteiger partial charge in [0.1, 0.15) is 17.4 Å². The van der Waals surface area contributed by atoms with Crippen LogP contribution in [0.15, 0.2) is 47.1 Å². The highest BCUT2D eigenvalue weighted by Gasteiger charge is 2.16. The molecule has 1 aromatic carbocycles. The first-order valence-electron chi connectivity index (χ1n) is 9.48. The van der Waals surface area contributed by atoms with E-state index >= 15 is 0 Å². The van der Waals surface area contributed by atoms with Crippen LogP contribution in [0.1, 0.15) is 30.3 Å². The van der Waals surface area contributed by atoms with Crippen molar-refractivity contribution < 1.29 is 9.21 Å². The minimum absolute atomic E-state index is 0.0191. The van der Waals surface area contributed by atoms with E-state index in [0.717, 1.165) is 28.1 Å². The lowest BCUT2D eigenvalue weighted by Crippen LogP contribution is -2.22. The number of aryl methyl sites for hydroxylation is 2. The first-order chi connectivity index (χ1) is 14.2. The Kier molecular flexibility index (Phi) is 4.19. The summed E-state index contributed by atoms with van der Waals surface area (Å²) in [6.45, 7) is 2.25. The van der Waals surface area contributed by atoms with Crippen LogP contribution in [0.4, 0.5) is 0 Å². The van der Waals surface area contributed by atoms with E-state index in [4.69, 9.17) is 4.42 Å². The van der Waals surface area contributed by atoms with Gasteiger partial charge in [-0.2, -0.15) is 4.52 Å². The number of aromatic nitrogens is 6. The number of carbonyl (C=O) groups is 1. The molecular weight excluding hydrogens is 370 g/mol. The van der Waals surface area contributed by atoms with E-state index in [-0.39, 0.29) is 5.91 Å². The summed E-state index contributed by atoms with van der Waals surface area (Å²) in [5.74, 6) is 2.82. The molecule has 0 aliphatic rings. The van der Waals surface area contributed by atoms with Crippen LogP contribution in [0.2, 0.25) is 0 Å². The SMILES string of the molecule is Cc1nc2c3ccccc3n3c(CCCC(=O)NCc4ccco4)nnc3n2n1. The minimum Gasteiger partial charge on any atom is -0.467 e. The zero-order valence-corrected chi connectivity index (χ0v) is 15.9. The molecule has 4 heterocycles. The van der Waals surface area contributed by atoms with Gasteiger partial charge >= 0.3 is 0 Å². The molecule has 5 aromatic rings. The van der Waals surface area contributed by atoms with E-state index in [1.54, 1.807) is 16.8 Å². The van der Waals surface area contributed by atoms with Crippen LogP contribution >= 0.6 is 0 Å². The van der Waals surface area contributed by atoms with Gasteiger partial charge in [-0.15, -0.1) is 15.3 Å². The molecule has 5 rings (SSSR count). The maximum Gasteiger partial charge on any atom is 0.258 e. The van der Waals surface area contributed by atoms with Crippen LogP contribution in [-0.4, -0.2) is 35.1 Å². The number of amides is 1. The maximum atomic E-state index is 12.1. The zero-order chi connectivity index (χ0) is 19.8. The number of furan rings is 1. The van der Waals surface area contributed by atoms with Gasteiger partial charge in [-0.05, 0) is 37.6 Å². The molecule has 0 radical (unpaired) electrons. The molecule has 1 N–H and O–H groups in total. The van der Waals surface area contributed by atoms with Crippen molar-refractivity contribution in [3.05, 3.63) is 60.1 Å². The minimum atomic E-state index is -0.0191. The van der Waals surface area contributed by atoms with Crippen LogP contribution in [-0.2, 0) is 17.8 Å². The summed E-state index contributed by atoms with van der Waals surface area (Å²) in [5, 5.41) is 17.0. The summed E-state index contributed by atoms with van der Waals surface area (Å²) in [6, 6.07) is 11.6. The fourth-order valence-corrected chi connectivity index (χ4v) is 3.53. The monoisotopic (exact) mass is 389 g/mol. The fourth-order valence-electron chi connectivity index (χ4n) is 3.53. The molecule has 29 heavy (non-hydrogen) atoms. The van der Waals surface area contributed by atoms with Crippen molar-refractivity contribution in [2.24, 2.45) is 0 Å². The van der Waals surface area contributed by atoms with E-state index in [2.05, 4.69) is 25.6 Å². The van der Waals surface area contributed by atoms with Gasteiger partial charge in [-0.3, -0.25) is 9.20 Å². The Balaban J connectivity index is 1.39. The number of nitrogens with zero attached hydrogens (tertiary/aromatic N) is 6. The number of fused-ring (bicyclic) bond motifs is 6. The summed E-state index contributed by atoms with van der Waals surface area (Å²) < 4.78 is 8.95. The molecule has 0 unspecified atom stereocenters. The third-order valence-electron chi connectivity index (χ3n) is 4.85. The quantitative estimate of drug-likeness (QED) is 0.479. The third kappa shape index (κ3) is 3.10. The Morgan fingerprint density at radius 3 is 2.93 bits per heavy atom. The molecule has 0 aliphatic heterocycles. The van der Waals surface area contributed by atoms with Gasteiger partial charge in [0.05, 0.1) is 18.3 Å². The standard InChI is InChI=1S/C20H19N7O2/c1-13-22-19-15-7-2-3-8-16(15)26-17(23-24-20(26)27(19)25-13)9-4-10-18(28)21-12-14-6-5-11-29-14/h2-3,5-8,11H,4,9-10,12H2,1H3,(H,21,28). The fraction of sp³-hybridized carbons (Fsp3) is 0.250. The highest BCUT2D eigenvalue weighted by Crippen LogP contribution is 2.22. The van der Waals surface area contributed by atoms with Gasteiger partial charge in [-0.1, -0.05) is 12.1 Å². The number of nitrogens with one attached hydrogen (secondary N) is 1. The molecule has 0 saturated heterocycles. The number of rotatable bonds is 6. The predicted octanol–water partition coefficient (Wildman–Crippen LogP) is 2.47. The van der Waals surface area contributed by atoms with Gasteiger partial charge in [0, 0.05) is 18.2 Å². The lowest BCUT2D eigenvalue weighted by molar-refractivity contribution is -0.121. The molecule has 4 aromatic heterocycles. The van der Waals surface area contributed by atoms with Crippen molar-refractivity contribution in [1.29, 1.82) is 0 Å². The van der Waals surface area contributed by atoms with E-state index in [1.165, 1.54) is 0 Å². The summed E-state index contributed by atoms with van der Waals surface area (Å²) in [7, 11) is 0. The van der Waals surface area contributed by atoms with Crippen LogP contribution in [0.3, 0.4) is 0 Å². The molecule has 1 amide bonds. The van der Waals surface area contributed by atoms with Gasteiger partial charge in [-0.25, -0.2) is 4.98 Å². The Bertz CT molecular complexity index is 1320. The Labute approximate surface area is 165 Å². The lowest BCUT2D eigenvalue weighted by atomic mass is 10.2. The van der Waals surface area contributed by atoms with Crippen molar-refractivity contribution >= 4 is 28.2 Å². The molecule has 0 aliphatic carbocycles. The van der Waals surface area contributed by atoms with Crippen LogP contribution < -0.4 is 5.32 Å². The van der Waals surface area contributed by atoms with E-state index < -0.39 is 0 Å². The maximum absolute atomic E-state index is 12.1. The number of carbonyl (C=O) groups excluding carboxylic acids is 1. The van der Waals surface area contributed by atoms with Crippen molar-refractivity contribution in [3.63, 3.8) is 0 Å². The number of benzene rings is 1.